The molecule has 14 heavy (non-hydrogen) atoms. The molecule has 4 heteroatoms. The van der Waals surface area contributed by atoms with Crippen molar-refractivity contribution in [2.45, 2.75) is 0 Å². The van der Waals surface area contributed by atoms with Crippen LogP contribution >= 0.6 is 15.9 Å². The number of fused-ring (bicyclic) bond motifs is 1. The predicted molar refractivity (Wildman–Crippen MR) is 56.8 cm³/mol. The predicted octanol–water partition coefficient (Wildman–Crippen LogP) is 2.44. The van der Waals surface area contributed by atoms with Crippen LogP contribution in [0.15, 0.2) is 33.5 Å². The number of halogens is 2. The second-order valence-corrected chi connectivity index (χ2v) is 3.82. The molecule has 72 valence electrons. The molecule has 1 heterocycles. The normalized spacial score (nSPS) is 10.8. The molecule has 2 rings (SSSR count). The molecule has 0 amide bonds. The lowest BCUT2D eigenvalue weighted by Crippen LogP contribution is -2.15. The minimum atomic E-state index is -0.362. The number of aromatic nitrogens is 1. The van der Waals surface area contributed by atoms with Crippen molar-refractivity contribution in [2.24, 2.45) is 7.05 Å². The van der Waals surface area contributed by atoms with Crippen molar-refractivity contribution in [3.63, 3.8) is 0 Å². The summed E-state index contributed by atoms with van der Waals surface area (Å²) in [5.41, 5.74) is 0.432. The van der Waals surface area contributed by atoms with Crippen LogP contribution in [0.1, 0.15) is 0 Å². The van der Waals surface area contributed by atoms with E-state index in [1.807, 2.05) is 0 Å². The van der Waals surface area contributed by atoms with Crippen LogP contribution in [0, 0.1) is 5.82 Å². The van der Waals surface area contributed by atoms with Crippen molar-refractivity contribution in [1.29, 1.82) is 0 Å². The fourth-order valence-electron chi connectivity index (χ4n) is 1.41. The molecule has 0 aliphatic rings. The van der Waals surface area contributed by atoms with E-state index in [1.54, 1.807) is 19.2 Å². The third-order valence-corrected chi connectivity index (χ3v) is 2.93. The quantitative estimate of drug-likeness (QED) is 0.709. The van der Waals surface area contributed by atoms with E-state index in [2.05, 4.69) is 15.9 Å². The molecule has 2 aromatic rings. The van der Waals surface area contributed by atoms with Gasteiger partial charge < -0.3 is 4.57 Å². The van der Waals surface area contributed by atoms with Gasteiger partial charge in [-0.1, -0.05) is 0 Å². The van der Waals surface area contributed by atoms with Gasteiger partial charge in [-0.25, -0.2) is 4.39 Å². The number of benzene rings is 1. The van der Waals surface area contributed by atoms with E-state index < -0.39 is 0 Å². The van der Waals surface area contributed by atoms with Crippen LogP contribution in [0.4, 0.5) is 4.39 Å². The Hall–Kier alpha value is -1.16. The summed E-state index contributed by atoms with van der Waals surface area (Å²) in [6.07, 6.45) is 0. The van der Waals surface area contributed by atoms with Crippen LogP contribution in [-0.4, -0.2) is 4.57 Å². The van der Waals surface area contributed by atoms with E-state index in [-0.39, 0.29) is 11.4 Å². The van der Waals surface area contributed by atoms with Crippen molar-refractivity contribution in [2.75, 3.05) is 0 Å². The van der Waals surface area contributed by atoms with Crippen LogP contribution < -0.4 is 5.56 Å². The molecule has 0 saturated carbocycles. The molecule has 0 spiro atoms. The van der Waals surface area contributed by atoms with Crippen molar-refractivity contribution in [3.05, 3.63) is 44.9 Å². The van der Waals surface area contributed by atoms with Gasteiger partial charge in [0, 0.05) is 13.1 Å². The van der Waals surface area contributed by atoms with Crippen molar-refractivity contribution in [3.8, 4) is 0 Å². The first-order chi connectivity index (χ1) is 6.61. The molecule has 0 saturated heterocycles. The molecule has 0 aliphatic carbocycles. The second kappa shape index (κ2) is 3.20. The summed E-state index contributed by atoms with van der Waals surface area (Å²) in [4.78, 5) is 11.3. The van der Waals surface area contributed by atoms with Gasteiger partial charge in [0.15, 0.2) is 0 Å². The van der Waals surface area contributed by atoms with E-state index in [0.717, 1.165) is 5.39 Å². The zero-order valence-corrected chi connectivity index (χ0v) is 9.01. The van der Waals surface area contributed by atoms with Crippen molar-refractivity contribution in [1.82, 2.24) is 4.57 Å². The average Bonchev–Trinajstić information content (AvgIpc) is 2.17. The third kappa shape index (κ3) is 1.26. The maximum absolute atomic E-state index is 13.2. The molecule has 1 aromatic heterocycles. The highest BCUT2D eigenvalue weighted by molar-refractivity contribution is 9.10. The Kier molecular flexibility index (Phi) is 2.15. The minimum Gasteiger partial charge on any atom is -0.310 e. The zero-order chi connectivity index (χ0) is 10.3. The van der Waals surface area contributed by atoms with Crippen LogP contribution in [0.5, 0.6) is 0 Å². The Morgan fingerprint density at radius 2 is 1.93 bits per heavy atom. The first-order valence-electron chi connectivity index (χ1n) is 4.05. The largest absolute Gasteiger partial charge is 0.310 e. The molecule has 0 radical (unpaired) electrons. The monoisotopic (exact) mass is 255 g/mol. The van der Waals surface area contributed by atoms with Gasteiger partial charge in [0.1, 0.15) is 5.82 Å². The number of aryl methyl sites for hydroxylation is 1. The standard InChI is InChI=1S/C10H7BrFNO/c1-13-8(14)5-3-6-2-4-7(12)9(11)10(6)13/h2-5H,1H3. The van der Waals surface area contributed by atoms with Crippen LogP contribution in [0.25, 0.3) is 10.9 Å². The van der Waals surface area contributed by atoms with Gasteiger partial charge in [0.05, 0.1) is 9.99 Å². The molecule has 0 bridgehead atoms. The van der Waals surface area contributed by atoms with Gasteiger partial charge >= 0.3 is 0 Å². The molecular weight excluding hydrogens is 249 g/mol. The summed E-state index contributed by atoms with van der Waals surface area (Å²) in [5.74, 6) is -0.362. The summed E-state index contributed by atoms with van der Waals surface area (Å²) in [6, 6.07) is 6.17. The number of hydrogen-bond donors (Lipinski definition) is 0. The lowest BCUT2D eigenvalue weighted by atomic mass is 10.2. The Labute approximate surface area is 88.1 Å². The molecule has 0 N–H and O–H groups in total. The summed E-state index contributed by atoms with van der Waals surface area (Å²) < 4.78 is 14.9. The van der Waals surface area contributed by atoms with E-state index in [4.69, 9.17) is 0 Å². The lowest BCUT2D eigenvalue weighted by Gasteiger charge is -2.06. The van der Waals surface area contributed by atoms with E-state index in [1.165, 1.54) is 16.7 Å². The third-order valence-electron chi connectivity index (χ3n) is 2.17. The fourth-order valence-corrected chi connectivity index (χ4v) is 2.04. The first kappa shape index (κ1) is 9.40. The SMILES string of the molecule is Cn1c(=O)ccc2ccc(F)c(Br)c21. The van der Waals surface area contributed by atoms with Gasteiger partial charge in [-0.15, -0.1) is 0 Å². The van der Waals surface area contributed by atoms with Crippen LogP contribution in [-0.2, 0) is 7.05 Å². The smallest absolute Gasteiger partial charge is 0.250 e. The summed E-state index contributed by atoms with van der Waals surface area (Å²) >= 11 is 3.13. The Bertz CT molecular complexity index is 562. The van der Waals surface area contributed by atoms with E-state index >= 15 is 0 Å². The van der Waals surface area contributed by atoms with Gasteiger partial charge in [0.2, 0.25) is 0 Å². The molecule has 0 atom stereocenters. The Balaban J connectivity index is 3.06. The highest BCUT2D eigenvalue weighted by Crippen LogP contribution is 2.24. The van der Waals surface area contributed by atoms with Crippen LogP contribution in [0.2, 0.25) is 0 Å². The first-order valence-corrected chi connectivity index (χ1v) is 4.84. The zero-order valence-electron chi connectivity index (χ0n) is 7.42. The van der Waals surface area contributed by atoms with Crippen molar-refractivity contribution < 1.29 is 4.39 Å². The molecule has 0 fully saturated rings. The van der Waals surface area contributed by atoms with Crippen LogP contribution in [0.3, 0.4) is 0 Å². The van der Waals surface area contributed by atoms with Crippen molar-refractivity contribution >= 4 is 26.8 Å². The van der Waals surface area contributed by atoms with E-state index in [9.17, 15) is 9.18 Å². The number of pyridine rings is 1. The maximum atomic E-state index is 13.2. The summed E-state index contributed by atoms with van der Waals surface area (Å²) in [5, 5.41) is 0.834. The molecule has 0 aliphatic heterocycles. The van der Waals surface area contributed by atoms with E-state index in [0.29, 0.717) is 9.99 Å². The van der Waals surface area contributed by atoms with Gasteiger partial charge in [0.25, 0.3) is 5.56 Å². The maximum Gasteiger partial charge on any atom is 0.250 e. The number of nitrogens with zero attached hydrogens (tertiary/aromatic N) is 1. The van der Waals surface area contributed by atoms with Gasteiger partial charge in [-0.05, 0) is 39.5 Å². The summed E-state index contributed by atoms with van der Waals surface area (Å²) in [6.45, 7) is 0. The fraction of sp³-hybridized carbons (Fsp3) is 0.100. The second-order valence-electron chi connectivity index (χ2n) is 3.03. The topological polar surface area (TPSA) is 22.0 Å². The molecular formula is C10H7BrFNO. The Morgan fingerprint density at radius 3 is 2.64 bits per heavy atom. The number of rotatable bonds is 0. The number of hydrogen-bond acceptors (Lipinski definition) is 1. The van der Waals surface area contributed by atoms with Gasteiger partial charge in [-0.3, -0.25) is 4.79 Å². The molecule has 2 nitrogen and oxygen atoms in total. The lowest BCUT2D eigenvalue weighted by molar-refractivity contribution is 0.622. The average molecular weight is 256 g/mol. The molecule has 0 unspecified atom stereocenters. The summed E-state index contributed by atoms with van der Waals surface area (Å²) in [7, 11) is 1.62. The highest BCUT2D eigenvalue weighted by Gasteiger charge is 2.07. The highest BCUT2D eigenvalue weighted by atomic mass is 79.9. The van der Waals surface area contributed by atoms with Gasteiger partial charge in [-0.2, -0.15) is 0 Å². The Morgan fingerprint density at radius 1 is 1.29 bits per heavy atom. The minimum absolute atomic E-state index is 0.149. The molecule has 1 aromatic carbocycles.